The Balaban J connectivity index is 0.000000151. The molecule has 4 atom stereocenters. The summed E-state index contributed by atoms with van der Waals surface area (Å²) in [6, 6.07) is 12.1. The van der Waals surface area contributed by atoms with Crippen LogP contribution in [0.2, 0.25) is 10.0 Å². The first-order valence-corrected chi connectivity index (χ1v) is 17.3. The van der Waals surface area contributed by atoms with E-state index in [-0.39, 0.29) is 80.9 Å². The van der Waals surface area contributed by atoms with Gasteiger partial charge in [-0.1, -0.05) is 35.3 Å². The van der Waals surface area contributed by atoms with Crippen molar-refractivity contribution in [3.63, 3.8) is 0 Å². The Kier molecular flexibility index (Phi) is 8.84. The molecule has 0 aromatic heterocycles. The zero-order valence-corrected chi connectivity index (χ0v) is 30.3. The predicted molar refractivity (Wildman–Crippen MR) is 186 cm³/mol. The van der Waals surface area contributed by atoms with Gasteiger partial charge in [-0.2, -0.15) is 0 Å². The number of phenols is 2. The molecule has 9 rings (SSSR count). The van der Waals surface area contributed by atoms with Crippen molar-refractivity contribution in [1.29, 1.82) is 0 Å². The van der Waals surface area contributed by atoms with Crippen LogP contribution in [0.1, 0.15) is 60.7 Å². The SMILES string of the molecule is COC(=O)c1c(C)c2c(c(C)c1O)OC(=O)c1c(C)c(Cl)c(O)c(Cl)c1O2.c1cc2c(cc1C1OCC3C(c4ccc5c(c4)OCO5)OCC13)OCO2. The highest BCUT2D eigenvalue weighted by molar-refractivity contribution is 6.39. The van der Waals surface area contributed by atoms with Crippen molar-refractivity contribution in [2.75, 3.05) is 33.9 Å². The van der Waals surface area contributed by atoms with Gasteiger partial charge in [-0.15, -0.1) is 0 Å². The Morgan fingerprint density at radius 1 is 0.698 bits per heavy atom. The average Bonchev–Trinajstić information content (AvgIpc) is 3.97. The van der Waals surface area contributed by atoms with E-state index in [1.807, 2.05) is 24.3 Å². The van der Waals surface area contributed by atoms with Crippen molar-refractivity contribution < 1.29 is 62.4 Å². The van der Waals surface area contributed by atoms with E-state index in [1.165, 1.54) is 27.9 Å². The first-order valence-electron chi connectivity index (χ1n) is 16.6. The number of rotatable bonds is 3. The lowest BCUT2D eigenvalue weighted by atomic mass is 9.85. The summed E-state index contributed by atoms with van der Waals surface area (Å²) in [6.07, 6.45) is 0.0435. The smallest absolute Gasteiger partial charge is 0.347 e. The highest BCUT2D eigenvalue weighted by Crippen LogP contribution is 2.54. The Hall–Kier alpha value is -5.08. The zero-order valence-electron chi connectivity index (χ0n) is 28.7. The molecule has 53 heavy (non-hydrogen) atoms. The van der Waals surface area contributed by atoms with E-state index in [4.69, 9.17) is 65.8 Å². The number of phenolic OH excluding ortho intramolecular Hbond substituents is 2. The molecule has 0 amide bonds. The van der Waals surface area contributed by atoms with E-state index < -0.39 is 23.4 Å². The van der Waals surface area contributed by atoms with Crippen LogP contribution in [0, 0.1) is 32.6 Å². The van der Waals surface area contributed by atoms with E-state index in [0.717, 1.165) is 34.1 Å². The van der Waals surface area contributed by atoms with E-state index in [1.54, 1.807) is 0 Å². The van der Waals surface area contributed by atoms with Crippen LogP contribution in [0.4, 0.5) is 0 Å². The highest BCUT2D eigenvalue weighted by Gasteiger charge is 2.48. The van der Waals surface area contributed by atoms with Crippen molar-refractivity contribution in [3.05, 3.63) is 85.4 Å². The van der Waals surface area contributed by atoms with Gasteiger partial charge in [0, 0.05) is 23.0 Å². The monoisotopic (exact) mass is 766 g/mol. The fourth-order valence-corrected chi connectivity index (χ4v) is 7.76. The second-order valence-electron chi connectivity index (χ2n) is 13.0. The molecule has 4 aromatic carbocycles. The first-order chi connectivity index (χ1) is 25.5. The lowest BCUT2D eigenvalue weighted by Gasteiger charge is -2.17. The van der Waals surface area contributed by atoms with Crippen LogP contribution < -0.4 is 28.4 Å². The molecule has 5 aliphatic heterocycles. The maximum Gasteiger partial charge on any atom is 0.347 e. The fourth-order valence-electron chi connectivity index (χ4n) is 7.30. The van der Waals surface area contributed by atoms with Gasteiger partial charge in [0.2, 0.25) is 13.6 Å². The van der Waals surface area contributed by atoms with Crippen molar-refractivity contribution >= 4 is 35.1 Å². The Morgan fingerprint density at radius 3 is 1.77 bits per heavy atom. The quantitative estimate of drug-likeness (QED) is 0.155. The lowest BCUT2D eigenvalue weighted by Crippen LogP contribution is -2.14. The summed E-state index contributed by atoms with van der Waals surface area (Å²) in [5.74, 6) is 1.09. The molecule has 4 unspecified atom stereocenters. The van der Waals surface area contributed by atoms with Crippen LogP contribution in [0.15, 0.2) is 36.4 Å². The van der Waals surface area contributed by atoms with Crippen LogP contribution in [-0.2, 0) is 14.2 Å². The Bertz CT molecular complexity index is 2130. The minimum atomic E-state index is -0.835. The second-order valence-corrected chi connectivity index (χ2v) is 13.7. The number of halogens is 2. The standard InChI is InChI=1S/C20H18O6.C18H14Cl2O7/c1-3-15-17(25-9-23-15)5-11(1)19-13-7-22-20(14(13)8-21-19)12-2-4-16-18(6-12)26-10-24-16;1-5-9-16(11(20)13(22)10(5)19)26-14-6(2)8(17(23)25-4)12(21)7(3)15(14)27-18(9)24/h1-6,13-14,19-20H,7-10H2;21-22H,1-4H3. The number of fused-ring (bicyclic) bond motifs is 5. The molecular formula is C38H32Cl2O13. The minimum Gasteiger partial charge on any atom is -0.507 e. The molecule has 0 radical (unpaired) electrons. The molecule has 5 aliphatic rings. The third kappa shape index (κ3) is 5.70. The van der Waals surface area contributed by atoms with Gasteiger partial charge in [0.1, 0.15) is 21.9 Å². The summed E-state index contributed by atoms with van der Waals surface area (Å²) in [5.41, 5.74) is 2.51. The maximum atomic E-state index is 12.7. The summed E-state index contributed by atoms with van der Waals surface area (Å²) in [6.45, 7) is 6.36. The second kappa shape index (κ2) is 13.4. The van der Waals surface area contributed by atoms with Crippen LogP contribution in [0.3, 0.4) is 0 Å². The first kappa shape index (κ1) is 35.0. The van der Waals surface area contributed by atoms with Gasteiger partial charge in [0.15, 0.2) is 46.0 Å². The molecule has 2 saturated heterocycles. The topological polar surface area (TPSA) is 158 Å². The number of carbonyl (C=O) groups excluding carboxylic acids is 2. The molecule has 276 valence electrons. The van der Waals surface area contributed by atoms with Gasteiger partial charge < -0.3 is 52.8 Å². The number of hydrogen-bond donors (Lipinski definition) is 2. The van der Waals surface area contributed by atoms with Gasteiger partial charge in [-0.3, -0.25) is 0 Å². The molecule has 0 saturated carbocycles. The number of methoxy groups -OCH3 is 1. The normalized spacial score (nSPS) is 21.4. The van der Waals surface area contributed by atoms with E-state index >= 15 is 0 Å². The maximum absolute atomic E-state index is 12.7. The van der Waals surface area contributed by atoms with Crippen molar-refractivity contribution in [1.82, 2.24) is 0 Å². The largest absolute Gasteiger partial charge is 0.507 e. The molecular weight excluding hydrogens is 735 g/mol. The average molecular weight is 768 g/mol. The van der Waals surface area contributed by atoms with Crippen molar-refractivity contribution in [3.8, 4) is 51.7 Å². The molecule has 2 N–H and O–H groups in total. The van der Waals surface area contributed by atoms with Gasteiger partial charge >= 0.3 is 11.9 Å². The van der Waals surface area contributed by atoms with E-state index in [0.29, 0.717) is 25.0 Å². The highest BCUT2D eigenvalue weighted by atomic mass is 35.5. The van der Waals surface area contributed by atoms with Crippen LogP contribution >= 0.6 is 23.2 Å². The van der Waals surface area contributed by atoms with Gasteiger partial charge in [0.05, 0.1) is 37.6 Å². The molecule has 2 fully saturated rings. The molecule has 0 aliphatic carbocycles. The Morgan fingerprint density at radius 2 is 1.23 bits per heavy atom. The third-order valence-corrected chi connectivity index (χ3v) is 10.9. The number of hydrogen-bond acceptors (Lipinski definition) is 13. The zero-order chi connectivity index (χ0) is 37.3. The van der Waals surface area contributed by atoms with Gasteiger partial charge in [0.25, 0.3) is 0 Å². The number of carbonyl (C=O) groups is 2. The van der Waals surface area contributed by atoms with Gasteiger partial charge in [-0.05, 0) is 61.7 Å². The third-order valence-electron chi connectivity index (χ3n) is 10.1. The summed E-state index contributed by atoms with van der Waals surface area (Å²) >= 11 is 12.2. The number of benzene rings is 4. The molecule has 13 nitrogen and oxygen atoms in total. The van der Waals surface area contributed by atoms with E-state index in [9.17, 15) is 19.8 Å². The molecule has 0 bridgehead atoms. The Labute approximate surface area is 312 Å². The predicted octanol–water partition coefficient (Wildman–Crippen LogP) is 7.66. The van der Waals surface area contributed by atoms with Crippen molar-refractivity contribution in [2.45, 2.75) is 33.0 Å². The summed E-state index contributed by atoms with van der Waals surface area (Å²) in [7, 11) is 1.17. The molecule has 15 heteroatoms. The van der Waals surface area contributed by atoms with E-state index in [2.05, 4.69) is 12.1 Å². The van der Waals surface area contributed by atoms with Crippen LogP contribution in [0.25, 0.3) is 0 Å². The number of esters is 2. The van der Waals surface area contributed by atoms with Gasteiger partial charge in [-0.25, -0.2) is 9.59 Å². The summed E-state index contributed by atoms with van der Waals surface area (Å²) in [5, 5.41) is 20.1. The van der Waals surface area contributed by atoms with Crippen LogP contribution in [0.5, 0.6) is 51.7 Å². The fraction of sp³-hybridized carbons (Fsp3) is 0.316. The summed E-state index contributed by atoms with van der Waals surface area (Å²) < 4.78 is 50.1. The van der Waals surface area contributed by atoms with Crippen LogP contribution in [-0.4, -0.2) is 56.1 Å². The minimum absolute atomic E-state index is 0.0131. The molecule has 4 aromatic rings. The number of aromatic hydroxyl groups is 2. The molecule has 5 heterocycles. The lowest BCUT2D eigenvalue weighted by molar-refractivity contribution is 0.0192. The summed E-state index contributed by atoms with van der Waals surface area (Å²) in [4.78, 5) is 24.8. The molecule has 0 spiro atoms. The number of ether oxygens (including phenoxy) is 9. The van der Waals surface area contributed by atoms with Crippen molar-refractivity contribution in [2.24, 2.45) is 11.8 Å².